The lowest BCUT2D eigenvalue weighted by Crippen LogP contribution is -2.52. The maximum atomic E-state index is 4.86. The van der Waals surface area contributed by atoms with Crippen LogP contribution in [0.3, 0.4) is 0 Å². The van der Waals surface area contributed by atoms with E-state index in [-0.39, 0.29) is 0 Å². The van der Waals surface area contributed by atoms with Gasteiger partial charge < -0.3 is 16.0 Å². The summed E-state index contributed by atoms with van der Waals surface area (Å²) in [5.74, 6) is 2.42. The van der Waals surface area contributed by atoms with Crippen LogP contribution in [0, 0.1) is 6.92 Å². The lowest BCUT2D eigenvalue weighted by atomic mass is 9.84. The number of nitrogens with zero attached hydrogens (tertiary/aromatic N) is 3. The highest BCUT2D eigenvalue weighted by Crippen LogP contribution is 2.30. The van der Waals surface area contributed by atoms with Crippen molar-refractivity contribution in [3.8, 4) is 0 Å². The van der Waals surface area contributed by atoms with Gasteiger partial charge in [-0.05, 0) is 44.7 Å². The second-order valence-electron chi connectivity index (χ2n) is 7.79. The van der Waals surface area contributed by atoms with Crippen LogP contribution in [0.15, 0.2) is 30.5 Å². The first kappa shape index (κ1) is 16.5. The predicted octanol–water partition coefficient (Wildman–Crippen LogP) is 3.49. The zero-order valence-corrected chi connectivity index (χ0v) is 15.5. The molecule has 2 fully saturated rings. The molecule has 3 aromatic rings. The smallest absolute Gasteiger partial charge is 0.153 e. The molecule has 2 aliphatic rings. The third-order valence-electron chi connectivity index (χ3n) is 5.62. The van der Waals surface area contributed by atoms with Gasteiger partial charge in [-0.2, -0.15) is 5.10 Å². The second kappa shape index (κ2) is 6.81. The Morgan fingerprint density at radius 2 is 1.96 bits per heavy atom. The topological polar surface area (TPSA) is 90.6 Å². The maximum absolute atomic E-state index is 4.86. The molecule has 2 saturated heterocycles. The highest BCUT2D eigenvalue weighted by atomic mass is 15.2. The van der Waals surface area contributed by atoms with Gasteiger partial charge in [0.05, 0.1) is 5.52 Å². The fourth-order valence-corrected chi connectivity index (χ4v) is 4.44. The third-order valence-corrected chi connectivity index (χ3v) is 5.62. The Labute approximate surface area is 158 Å². The van der Waals surface area contributed by atoms with Crippen LogP contribution in [0.25, 0.3) is 10.9 Å². The third kappa shape index (κ3) is 3.47. The van der Waals surface area contributed by atoms with Gasteiger partial charge in [-0.25, -0.2) is 4.98 Å². The minimum absolute atomic E-state index is 0.445. The predicted molar refractivity (Wildman–Crippen MR) is 107 cm³/mol. The molecule has 7 nitrogen and oxygen atoms in total. The molecule has 0 spiro atoms. The quantitative estimate of drug-likeness (QED) is 0.567. The van der Waals surface area contributed by atoms with E-state index >= 15 is 0 Å². The van der Waals surface area contributed by atoms with Gasteiger partial charge in [0.15, 0.2) is 5.82 Å². The summed E-state index contributed by atoms with van der Waals surface area (Å²) in [5.41, 5.74) is 1.94. The average Bonchev–Trinajstić information content (AvgIpc) is 3.06. The second-order valence-corrected chi connectivity index (χ2v) is 7.79. The summed E-state index contributed by atoms with van der Waals surface area (Å²) in [6.45, 7) is 1.98. The van der Waals surface area contributed by atoms with Gasteiger partial charge in [0, 0.05) is 47.5 Å². The number of rotatable bonds is 4. The molecule has 27 heavy (non-hydrogen) atoms. The molecular formula is C20H25N7. The van der Waals surface area contributed by atoms with Crippen LogP contribution in [0.5, 0.6) is 0 Å². The first-order valence-electron chi connectivity index (χ1n) is 9.80. The van der Waals surface area contributed by atoms with Crippen LogP contribution < -0.4 is 16.0 Å². The molecule has 7 heteroatoms. The van der Waals surface area contributed by atoms with Gasteiger partial charge in [0.25, 0.3) is 0 Å². The number of hydrogen-bond acceptors (Lipinski definition) is 6. The van der Waals surface area contributed by atoms with E-state index in [1.807, 2.05) is 31.3 Å². The van der Waals surface area contributed by atoms with E-state index in [4.69, 9.17) is 4.98 Å². The summed E-state index contributed by atoms with van der Waals surface area (Å²) in [6.07, 6.45) is 8.04. The Kier molecular flexibility index (Phi) is 4.16. The van der Waals surface area contributed by atoms with Gasteiger partial charge in [0.1, 0.15) is 11.6 Å². The maximum Gasteiger partial charge on any atom is 0.153 e. The minimum Gasteiger partial charge on any atom is -0.367 e. The van der Waals surface area contributed by atoms with Crippen LogP contribution in [-0.4, -0.2) is 38.3 Å². The largest absolute Gasteiger partial charge is 0.367 e. The molecule has 5 rings (SSSR count). The minimum atomic E-state index is 0.445. The number of aryl methyl sites for hydroxylation is 1. The van der Waals surface area contributed by atoms with E-state index in [9.17, 15) is 0 Å². The average molecular weight is 363 g/mol. The number of H-pyrrole nitrogens is 1. The summed E-state index contributed by atoms with van der Waals surface area (Å²) in [7, 11) is 0. The van der Waals surface area contributed by atoms with Crippen LogP contribution in [-0.2, 0) is 0 Å². The summed E-state index contributed by atoms with van der Waals surface area (Å²) < 4.78 is 0. The SMILES string of the molecule is Cc1cc(Nc2cc3ncccc3c(NC3CC4CCCC(C3)N4)n2)n[nH]1. The molecule has 2 bridgehead atoms. The van der Waals surface area contributed by atoms with E-state index in [0.29, 0.717) is 18.1 Å². The molecule has 5 heterocycles. The van der Waals surface area contributed by atoms with Crippen LogP contribution >= 0.6 is 0 Å². The number of anilines is 3. The van der Waals surface area contributed by atoms with Crippen molar-refractivity contribution in [1.29, 1.82) is 0 Å². The monoisotopic (exact) mass is 363 g/mol. The molecule has 0 saturated carbocycles. The molecule has 140 valence electrons. The van der Waals surface area contributed by atoms with Gasteiger partial charge >= 0.3 is 0 Å². The van der Waals surface area contributed by atoms with E-state index in [0.717, 1.165) is 46.9 Å². The molecule has 2 aliphatic heterocycles. The van der Waals surface area contributed by atoms with E-state index in [1.54, 1.807) is 0 Å². The number of nitrogens with one attached hydrogen (secondary N) is 4. The van der Waals surface area contributed by atoms with Crippen molar-refractivity contribution < 1.29 is 0 Å². The lowest BCUT2D eigenvalue weighted by Gasteiger charge is -2.40. The van der Waals surface area contributed by atoms with E-state index < -0.39 is 0 Å². The molecule has 3 aromatic heterocycles. The van der Waals surface area contributed by atoms with Gasteiger partial charge in [-0.1, -0.05) is 6.42 Å². The van der Waals surface area contributed by atoms with Crippen molar-refractivity contribution in [2.24, 2.45) is 0 Å². The van der Waals surface area contributed by atoms with Crippen molar-refractivity contribution in [2.45, 2.75) is 57.2 Å². The van der Waals surface area contributed by atoms with Gasteiger partial charge in [0.2, 0.25) is 0 Å². The van der Waals surface area contributed by atoms with Gasteiger partial charge in [-0.3, -0.25) is 10.1 Å². The molecule has 0 aromatic carbocycles. The fourth-order valence-electron chi connectivity index (χ4n) is 4.44. The summed E-state index contributed by atoms with van der Waals surface area (Å²) in [5, 5.41) is 19.0. The van der Waals surface area contributed by atoms with E-state index in [2.05, 4.69) is 37.2 Å². The Balaban J connectivity index is 1.45. The molecule has 2 unspecified atom stereocenters. The number of aromatic amines is 1. The zero-order chi connectivity index (χ0) is 18.2. The molecular weight excluding hydrogens is 338 g/mol. The zero-order valence-electron chi connectivity index (χ0n) is 15.5. The molecule has 0 aliphatic carbocycles. The highest BCUT2D eigenvalue weighted by molar-refractivity contribution is 5.91. The first-order chi connectivity index (χ1) is 13.2. The molecule has 0 radical (unpaired) electrons. The van der Waals surface area contributed by atoms with Gasteiger partial charge in [-0.15, -0.1) is 0 Å². The van der Waals surface area contributed by atoms with Crippen molar-refractivity contribution >= 4 is 28.4 Å². The number of aromatic nitrogens is 4. The standard InChI is InChI=1S/C20H25N7/c1-12-8-19(27-26-12)24-18-11-17-16(6-3-7-21-17)20(25-18)23-15-9-13-4-2-5-14(10-15)22-13/h3,6-8,11,13-15,22H,2,4-5,9-10H2,1H3,(H3,23,24,25,26,27). The van der Waals surface area contributed by atoms with Crippen LogP contribution in [0.4, 0.5) is 17.5 Å². The Morgan fingerprint density at radius 1 is 1.11 bits per heavy atom. The summed E-state index contributed by atoms with van der Waals surface area (Å²) in [4.78, 5) is 9.40. The van der Waals surface area contributed by atoms with E-state index in [1.165, 1.54) is 19.3 Å². The summed E-state index contributed by atoms with van der Waals surface area (Å²) >= 11 is 0. The number of fused-ring (bicyclic) bond motifs is 3. The van der Waals surface area contributed by atoms with Crippen molar-refractivity contribution in [3.63, 3.8) is 0 Å². The van der Waals surface area contributed by atoms with Crippen molar-refractivity contribution in [1.82, 2.24) is 25.5 Å². The Bertz CT molecular complexity index is 938. The molecule has 4 N–H and O–H groups in total. The molecule has 2 atom stereocenters. The van der Waals surface area contributed by atoms with Crippen LogP contribution in [0.2, 0.25) is 0 Å². The van der Waals surface area contributed by atoms with Crippen molar-refractivity contribution in [2.75, 3.05) is 10.6 Å². The number of pyridine rings is 2. The van der Waals surface area contributed by atoms with Crippen LogP contribution in [0.1, 0.15) is 37.8 Å². The Hall–Kier alpha value is -2.67. The highest BCUT2D eigenvalue weighted by Gasteiger charge is 2.31. The molecule has 0 amide bonds. The first-order valence-corrected chi connectivity index (χ1v) is 9.80. The Morgan fingerprint density at radius 3 is 2.74 bits per heavy atom. The number of piperidine rings is 2. The number of hydrogen-bond donors (Lipinski definition) is 4. The lowest BCUT2D eigenvalue weighted by molar-refractivity contribution is 0.230. The van der Waals surface area contributed by atoms with Crippen molar-refractivity contribution in [3.05, 3.63) is 36.2 Å². The normalized spacial score (nSPS) is 24.7. The summed E-state index contributed by atoms with van der Waals surface area (Å²) in [6, 6.07) is 9.70. The fraction of sp³-hybridized carbons (Fsp3) is 0.450.